The van der Waals surface area contributed by atoms with Crippen LogP contribution in [0.2, 0.25) is 0 Å². The standard InChI is InChI=1S/C19H20IN3O2/c20-17-9-6-15(12-18(17)24)19(25)22-21-13-14-4-7-16(8-5-14)23-10-2-1-3-11-23/h4-9,12-13,24H,1-3,10-11H2,(H,22,25)/b21-13+. The van der Waals surface area contributed by atoms with Gasteiger partial charge in [-0.25, -0.2) is 5.43 Å². The number of nitrogens with zero attached hydrogens (tertiary/aromatic N) is 2. The van der Waals surface area contributed by atoms with Gasteiger partial charge in [0.15, 0.2) is 0 Å². The van der Waals surface area contributed by atoms with E-state index < -0.39 is 0 Å². The summed E-state index contributed by atoms with van der Waals surface area (Å²) in [5.41, 5.74) is 5.00. The molecule has 0 saturated carbocycles. The summed E-state index contributed by atoms with van der Waals surface area (Å²) in [6, 6.07) is 12.9. The predicted octanol–water partition coefficient (Wildman–Crippen LogP) is 3.75. The zero-order valence-electron chi connectivity index (χ0n) is 13.8. The fourth-order valence-corrected chi connectivity index (χ4v) is 3.14. The number of phenols is 1. The van der Waals surface area contributed by atoms with Gasteiger partial charge in [-0.2, -0.15) is 5.10 Å². The van der Waals surface area contributed by atoms with Crippen molar-refractivity contribution in [2.24, 2.45) is 5.10 Å². The third-order valence-corrected chi connectivity index (χ3v) is 5.11. The number of phenolic OH excluding ortho intramolecular Hbond substituents is 1. The van der Waals surface area contributed by atoms with E-state index in [9.17, 15) is 9.90 Å². The highest BCUT2D eigenvalue weighted by Gasteiger charge is 2.10. The molecular weight excluding hydrogens is 429 g/mol. The number of piperidine rings is 1. The molecule has 6 heteroatoms. The summed E-state index contributed by atoms with van der Waals surface area (Å²) >= 11 is 2.00. The van der Waals surface area contributed by atoms with Gasteiger partial charge in [-0.05, 0) is 77.7 Å². The van der Waals surface area contributed by atoms with Crippen LogP contribution in [0.15, 0.2) is 47.6 Å². The zero-order chi connectivity index (χ0) is 17.6. The van der Waals surface area contributed by atoms with Crippen LogP contribution in [0.5, 0.6) is 5.75 Å². The fourth-order valence-electron chi connectivity index (χ4n) is 2.81. The SMILES string of the molecule is O=C(N/N=C/c1ccc(N2CCCCC2)cc1)c1ccc(I)c(O)c1. The molecule has 0 unspecified atom stereocenters. The molecule has 1 fully saturated rings. The van der Waals surface area contributed by atoms with Gasteiger partial charge in [-0.3, -0.25) is 4.79 Å². The van der Waals surface area contributed by atoms with Crippen LogP contribution in [-0.2, 0) is 0 Å². The van der Waals surface area contributed by atoms with Crippen molar-refractivity contribution in [3.05, 3.63) is 57.2 Å². The number of amides is 1. The molecule has 1 heterocycles. The maximum atomic E-state index is 12.0. The van der Waals surface area contributed by atoms with Crippen LogP contribution in [0.3, 0.4) is 0 Å². The Morgan fingerprint density at radius 2 is 1.84 bits per heavy atom. The Morgan fingerprint density at radius 3 is 2.52 bits per heavy atom. The summed E-state index contributed by atoms with van der Waals surface area (Å²) < 4.78 is 0.700. The summed E-state index contributed by atoms with van der Waals surface area (Å²) in [6.07, 6.45) is 5.44. The maximum Gasteiger partial charge on any atom is 0.271 e. The van der Waals surface area contributed by atoms with Gasteiger partial charge in [0.2, 0.25) is 0 Å². The van der Waals surface area contributed by atoms with Crippen LogP contribution in [-0.4, -0.2) is 30.3 Å². The van der Waals surface area contributed by atoms with Gasteiger partial charge in [0.1, 0.15) is 5.75 Å². The second-order valence-corrected chi connectivity index (χ2v) is 7.17. The summed E-state index contributed by atoms with van der Waals surface area (Å²) in [6.45, 7) is 2.23. The van der Waals surface area contributed by atoms with E-state index in [-0.39, 0.29) is 11.7 Å². The molecule has 0 atom stereocenters. The Bertz CT molecular complexity index is 769. The first-order valence-electron chi connectivity index (χ1n) is 8.30. The molecule has 0 bridgehead atoms. The minimum absolute atomic E-state index is 0.0885. The summed E-state index contributed by atoms with van der Waals surface area (Å²) in [5, 5.41) is 13.6. The van der Waals surface area contributed by atoms with Crippen molar-refractivity contribution in [2.45, 2.75) is 19.3 Å². The van der Waals surface area contributed by atoms with E-state index >= 15 is 0 Å². The Morgan fingerprint density at radius 1 is 1.12 bits per heavy atom. The van der Waals surface area contributed by atoms with Crippen LogP contribution in [0.25, 0.3) is 0 Å². The Kier molecular flexibility index (Phi) is 5.91. The fraction of sp³-hybridized carbons (Fsp3) is 0.263. The van der Waals surface area contributed by atoms with Gasteiger partial charge in [0.05, 0.1) is 9.78 Å². The second kappa shape index (κ2) is 8.33. The van der Waals surface area contributed by atoms with Gasteiger partial charge < -0.3 is 10.0 Å². The molecule has 2 aromatic carbocycles. The topological polar surface area (TPSA) is 64.9 Å². The molecular formula is C19H20IN3O2. The van der Waals surface area contributed by atoms with Gasteiger partial charge in [0.25, 0.3) is 5.91 Å². The Labute approximate surface area is 160 Å². The summed E-state index contributed by atoms with van der Waals surface area (Å²) in [5.74, 6) is -0.265. The van der Waals surface area contributed by atoms with Crippen molar-refractivity contribution in [1.29, 1.82) is 0 Å². The molecule has 0 aromatic heterocycles. The van der Waals surface area contributed by atoms with Crippen molar-refractivity contribution in [1.82, 2.24) is 5.43 Å². The molecule has 1 aliphatic rings. The third-order valence-electron chi connectivity index (χ3n) is 4.20. The molecule has 2 aromatic rings. The summed E-state index contributed by atoms with van der Waals surface area (Å²) in [4.78, 5) is 14.4. The van der Waals surface area contributed by atoms with Gasteiger partial charge in [-0.15, -0.1) is 0 Å². The lowest BCUT2D eigenvalue weighted by Crippen LogP contribution is -2.29. The number of nitrogens with one attached hydrogen (secondary N) is 1. The van der Waals surface area contributed by atoms with Gasteiger partial charge >= 0.3 is 0 Å². The van der Waals surface area contributed by atoms with Gasteiger partial charge in [0, 0.05) is 24.3 Å². The van der Waals surface area contributed by atoms with Crippen molar-refractivity contribution in [3.63, 3.8) is 0 Å². The van der Waals surface area contributed by atoms with Crippen molar-refractivity contribution in [3.8, 4) is 5.75 Å². The van der Waals surface area contributed by atoms with Crippen LogP contribution >= 0.6 is 22.6 Å². The molecule has 130 valence electrons. The highest BCUT2D eigenvalue weighted by molar-refractivity contribution is 14.1. The van der Waals surface area contributed by atoms with Crippen molar-refractivity contribution < 1.29 is 9.90 Å². The number of carbonyl (C=O) groups is 1. The monoisotopic (exact) mass is 449 g/mol. The number of benzene rings is 2. The maximum absolute atomic E-state index is 12.0. The smallest absolute Gasteiger partial charge is 0.271 e. The first-order chi connectivity index (χ1) is 12.1. The van der Waals surface area contributed by atoms with E-state index in [0.29, 0.717) is 9.13 Å². The van der Waals surface area contributed by atoms with E-state index in [1.54, 1.807) is 18.3 Å². The largest absolute Gasteiger partial charge is 0.507 e. The molecule has 1 aliphatic heterocycles. The predicted molar refractivity (Wildman–Crippen MR) is 108 cm³/mol. The number of rotatable bonds is 4. The average Bonchev–Trinajstić information content (AvgIpc) is 2.65. The molecule has 5 nitrogen and oxygen atoms in total. The molecule has 2 N–H and O–H groups in total. The number of halogens is 1. The zero-order valence-corrected chi connectivity index (χ0v) is 15.9. The highest BCUT2D eigenvalue weighted by atomic mass is 127. The average molecular weight is 449 g/mol. The Hall–Kier alpha value is -2.09. The van der Waals surface area contributed by atoms with E-state index in [0.717, 1.165) is 18.7 Å². The normalized spacial score (nSPS) is 14.7. The van der Waals surface area contributed by atoms with Gasteiger partial charge in [-0.1, -0.05) is 12.1 Å². The van der Waals surface area contributed by atoms with Crippen LogP contribution < -0.4 is 10.3 Å². The molecule has 25 heavy (non-hydrogen) atoms. The lowest BCUT2D eigenvalue weighted by Gasteiger charge is -2.28. The molecule has 0 aliphatic carbocycles. The van der Waals surface area contributed by atoms with Crippen molar-refractivity contribution >= 4 is 40.4 Å². The van der Waals surface area contributed by atoms with E-state index in [4.69, 9.17) is 0 Å². The van der Waals surface area contributed by atoms with E-state index in [1.807, 2.05) is 34.7 Å². The van der Waals surface area contributed by atoms with Crippen LogP contribution in [0, 0.1) is 3.57 Å². The molecule has 3 rings (SSSR count). The Balaban J connectivity index is 1.58. The number of hydrazone groups is 1. The van der Waals surface area contributed by atoms with Crippen LogP contribution in [0.4, 0.5) is 5.69 Å². The minimum Gasteiger partial charge on any atom is -0.507 e. The summed E-state index contributed by atoms with van der Waals surface area (Å²) in [7, 11) is 0. The molecule has 0 spiro atoms. The molecule has 1 amide bonds. The number of aromatic hydroxyl groups is 1. The number of hydrogen-bond donors (Lipinski definition) is 2. The lowest BCUT2D eigenvalue weighted by molar-refractivity contribution is 0.0954. The first-order valence-corrected chi connectivity index (χ1v) is 9.38. The van der Waals surface area contributed by atoms with E-state index in [2.05, 4.69) is 27.6 Å². The highest BCUT2D eigenvalue weighted by Crippen LogP contribution is 2.21. The minimum atomic E-state index is -0.354. The lowest BCUT2D eigenvalue weighted by atomic mass is 10.1. The number of carbonyl (C=O) groups excluding carboxylic acids is 1. The molecule has 0 radical (unpaired) electrons. The molecule has 1 saturated heterocycles. The number of anilines is 1. The number of hydrogen-bond acceptors (Lipinski definition) is 4. The first kappa shape index (κ1) is 17.7. The quantitative estimate of drug-likeness (QED) is 0.425. The van der Waals surface area contributed by atoms with Crippen LogP contribution in [0.1, 0.15) is 35.2 Å². The third kappa shape index (κ3) is 4.72. The second-order valence-electron chi connectivity index (χ2n) is 6.00. The van der Waals surface area contributed by atoms with Crippen molar-refractivity contribution in [2.75, 3.05) is 18.0 Å². The van der Waals surface area contributed by atoms with E-state index in [1.165, 1.54) is 31.0 Å².